The Bertz CT molecular complexity index is 1190. The van der Waals surface area contributed by atoms with Gasteiger partial charge in [0.2, 0.25) is 5.95 Å². The Labute approximate surface area is 208 Å². The predicted octanol–water partition coefficient (Wildman–Crippen LogP) is 5.46. The lowest BCUT2D eigenvalue weighted by Gasteiger charge is -2.16. The average molecular weight is 495 g/mol. The van der Waals surface area contributed by atoms with Gasteiger partial charge in [-0.15, -0.1) is 11.3 Å². The fraction of sp³-hybridized carbons (Fsp3) is 0.320. The molecule has 0 aliphatic carbocycles. The van der Waals surface area contributed by atoms with E-state index >= 15 is 0 Å². The highest BCUT2D eigenvalue weighted by molar-refractivity contribution is 7.97. The summed E-state index contributed by atoms with van der Waals surface area (Å²) < 4.78 is 1.13. The number of aryl methyl sites for hydroxylation is 1. The Hall–Kier alpha value is -2.72. The van der Waals surface area contributed by atoms with Crippen LogP contribution < -0.4 is 15.8 Å². The number of nitrogens with two attached hydrogens (primary N) is 1. The summed E-state index contributed by atoms with van der Waals surface area (Å²) in [6.45, 7) is 5.61. The molecule has 34 heavy (non-hydrogen) atoms. The van der Waals surface area contributed by atoms with Gasteiger partial charge in [0.1, 0.15) is 10.8 Å². The molecule has 178 valence electrons. The Morgan fingerprint density at radius 2 is 1.85 bits per heavy atom. The van der Waals surface area contributed by atoms with Crippen molar-refractivity contribution in [3.8, 4) is 10.6 Å². The third-order valence-electron chi connectivity index (χ3n) is 5.79. The second-order valence-corrected chi connectivity index (χ2v) is 9.87. The lowest BCUT2D eigenvalue weighted by atomic mass is 10.0. The molecule has 0 saturated carbocycles. The van der Waals surface area contributed by atoms with Crippen molar-refractivity contribution >= 4 is 45.3 Å². The number of fused-ring (bicyclic) bond motifs is 1. The zero-order valence-electron chi connectivity index (χ0n) is 19.4. The van der Waals surface area contributed by atoms with Crippen LogP contribution in [0.4, 0.5) is 11.8 Å². The molecule has 1 atom stereocenters. The minimum absolute atomic E-state index is 0.194. The first-order valence-electron chi connectivity index (χ1n) is 11.4. The zero-order valence-corrected chi connectivity index (χ0v) is 21.0. The van der Waals surface area contributed by atoms with Crippen molar-refractivity contribution in [2.24, 2.45) is 11.1 Å². The molecule has 0 bridgehead atoms. The fourth-order valence-corrected chi connectivity index (χ4v) is 5.06. The molecule has 5 N–H and O–H groups in total. The van der Waals surface area contributed by atoms with E-state index in [1.54, 1.807) is 11.3 Å². The maximum atomic E-state index is 9.56. The monoisotopic (exact) mass is 494 g/mol. The van der Waals surface area contributed by atoms with E-state index in [-0.39, 0.29) is 12.5 Å². The van der Waals surface area contributed by atoms with Crippen LogP contribution in [0.2, 0.25) is 0 Å². The molecule has 0 saturated heterocycles. The van der Waals surface area contributed by atoms with E-state index < -0.39 is 0 Å². The maximum absolute atomic E-state index is 9.56. The van der Waals surface area contributed by atoms with Crippen molar-refractivity contribution in [3.05, 3.63) is 59.8 Å². The molecule has 4 rings (SSSR count). The van der Waals surface area contributed by atoms with Crippen molar-refractivity contribution in [1.29, 1.82) is 0 Å². The summed E-state index contributed by atoms with van der Waals surface area (Å²) in [5.41, 5.74) is 3.88. The molecule has 0 aliphatic rings. The van der Waals surface area contributed by atoms with E-state index in [1.165, 1.54) is 11.9 Å². The van der Waals surface area contributed by atoms with Gasteiger partial charge in [-0.3, -0.25) is 5.14 Å². The topological polar surface area (TPSA) is 109 Å². The Balaban J connectivity index is 1.61. The summed E-state index contributed by atoms with van der Waals surface area (Å²) in [5.74, 6) is 1.60. The SMILES string of the molecule is CCC(CO)CCNc1nc(NCc2ccc(SN)cc2)nc(C)c1-c1nc2ccccc2s1. The number of para-hydroxylation sites is 1. The maximum Gasteiger partial charge on any atom is 0.225 e. The van der Waals surface area contributed by atoms with E-state index in [2.05, 4.69) is 23.6 Å². The van der Waals surface area contributed by atoms with E-state index in [1.807, 2.05) is 49.4 Å². The molecule has 0 fully saturated rings. The van der Waals surface area contributed by atoms with Crippen LogP contribution in [0.5, 0.6) is 0 Å². The number of hydrogen-bond donors (Lipinski definition) is 4. The first kappa shape index (κ1) is 24.4. The second-order valence-electron chi connectivity index (χ2n) is 8.13. The summed E-state index contributed by atoms with van der Waals surface area (Å²) in [6, 6.07) is 16.2. The van der Waals surface area contributed by atoms with E-state index in [4.69, 9.17) is 20.1 Å². The minimum Gasteiger partial charge on any atom is -0.396 e. The third-order valence-corrected chi connectivity index (χ3v) is 7.39. The summed E-state index contributed by atoms with van der Waals surface area (Å²) >= 11 is 2.88. The highest BCUT2D eigenvalue weighted by Crippen LogP contribution is 2.36. The number of anilines is 2. The first-order valence-corrected chi connectivity index (χ1v) is 13.1. The number of nitrogens with one attached hydrogen (secondary N) is 2. The predicted molar refractivity (Wildman–Crippen MR) is 143 cm³/mol. The van der Waals surface area contributed by atoms with Crippen LogP contribution in [0.15, 0.2) is 53.4 Å². The highest BCUT2D eigenvalue weighted by Gasteiger charge is 2.18. The van der Waals surface area contributed by atoms with Crippen LogP contribution >= 0.6 is 23.3 Å². The van der Waals surface area contributed by atoms with Crippen molar-refractivity contribution in [2.45, 2.75) is 38.1 Å². The number of hydrogen-bond acceptors (Lipinski definition) is 9. The molecule has 0 amide bonds. The van der Waals surface area contributed by atoms with Crippen molar-refractivity contribution < 1.29 is 5.11 Å². The molecule has 4 aromatic rings. The molecular weight excluding hydrogens is 464 g/mol. The van der Waals surface area contributed by atoms with Crippen LogP contribution in [0.1, 0.15) is 31.0 Å². The molecule has 0 radical (unpaired) electrons. The normalized spacial score (nSPS) is 12.1. The van der Waals surface area contributed by atoms with Gasteiger partial charge in [-0.2, -0.15) is 4.98 Å². The van der Waals surface area contributed by atoms with Gasteiger partial charge >= 0.3 is 0 Å². The fourth-order valence-electron chi connectivity index (χ4n) is 3.70. The molecule has 9 heteroatoms. The van der Waals surface area contributed by atoms with Crippen LogP contribution in [0, 0.1) is 12.8 Å². The third kappa shape index (κ3) is 5.85. The van der Waals surface area contributed by atoms with Gasteiger partial charge in [-0.25, -0.2) is 9.97 Å². The van der Waals surface area contributed by atoms with E-state index in [0.29, 0.717) is 19.0 Å². The molecule has 7 nitrogen and oxygen atoms in total. The Kier molecular flexibility index (Phi) is 8.34. The first-order chi connectivity index (χ1) is 16.6. The molecular formula is C25H30N6OS2. The van der Waals surface area contributed by atoms with Gasteiger partial charge in [0.15, 0.2) is 0 Å². The highest BCUT2D eigenvalue weighted by atomic mass is 32.2. The summed E-state index contributed by atoms with van der Waals surface area (Å²) in [6.07, 6.45) is 1.81. The van der Waals surface area contributed by atoms with Gasteiger partial charge in [0, 0.05) is 24.6 Å². The quantitative estimate of drug-likeness (QED) is 0.204. The lowest BCUT2D eigenvalue weighted by Crippen LogP contribution is -2.14. The summed E-state index contributed by atoms with van der Waals surface area (Å²) in [5, 5.41) is 22.9. The molecule has 2 aromatic heterocycles. The van der Waals surface area contributed by atoms with Gasteiger partial charge in [0.05, 0.1) is 21.5 Å². The number of aliphatic hydroxyl groups is 1. The second kappa shape index (κ2) is 11.6. The number of nitrogens with zero attached hydrogens (tertiary/aromatic N) is 3. The Morgan fingerprint density at radius 1 is 1.06 bits per heavy atom. The molecule has 0 spiro atoms. The lowest BCUT2D eigenvalue weighted by molar-refractivity contribution is 0.217. The van der Waals surface area contributed by atoms with Crippen LogP contribution in [-0.4, -0.2) is 33.2 Å². The smallest absolute Gasteiger partial charge is 0.225 e. The number of rotatable bonds is 11. The molecule has 1 unspecified atom stereocenters. The summed E-state index contributed by atoms with van der Waals surface area (Å²) in [4.78, 5) is 15.4. The molecule has 2 aromatic carbocycles. The zero-order chi connectivity index (χ0) is 23.9. The van der Waals surface area contributed by atoms with Gasteiger partial charge in [-0.05, 0) is 61.0 Å². The van der Waals surface area contributed by atoms with Gasteiger partial charge < -0.3 is 15.7 Å². The van der Waals surface area contributed by atoms with Crippen molar-refractivity contribution in [2.75, 3.05) is 23.8 Å². The molecule has 2 heterocycles. The largest absolute Gasteiger partial charge is 0.396 e. The number of thiazole rings is 1. The standard InChI is InChI=1S/C25H30N6OS2/c1-3-17(15-32)12-13-27-23-22(24-30-20-6-4-5-7-21(20)33-24)16(2)29-25(31-23)28-14-18-8-10-19(34-26)11-9-18/h4-11,17,32H,3,12-15,26H2,1-2H3,(H2,27,28,29,31). The van der Waals surface area contributed by atoms with Crippen LogP contribution in [-0.2, 0) is 6.54 Å². The minimum atomic E-state index is 0.194. The van der Waals surface area contributed by atoms with Crippen LogP contribution in [0.3, 0.4) is 0 Å². The van der Waals surface area contributed by atoms with Gasteiger partial charge in [-0.1, -0.05) is 37.6 Å². The number of benzene rings is 2. The van der Waals surface area contributed by atoms with Crippen molar-refractivity contribution in [3.63, 3.8) is 0 Å². The van der Waals surface area contributed by atoms with Crippen molar-refractivity contribution in [1.82, 2.24) is 15.0 Å². The van der Waals surface area contributed by atoms with Gasteiger partial charge in [0.25, 0.3) is 0 Å². The van der Waals surface area contributed by atoms with E-state index in [0.717, 1.165) is 55.6 Å². The van der Waals surface area contributed by atoms with Crippen LogP contribution in [0.25, 0.3) is 20.8 Å². The van der Waals surface area contributed by atoms with E-state index in [9.17, 15) is 5.11 Å². The summed E-state index contributed by atoms with van der Waals surface area (Å²) in [7, 11) is 0. The number of aromatic nitrogens is 3. The molecule has 0 aliphatic heterocycles. The number of aliphatic hydroxyl groups excluding tert-OH is 1. The average Bonchev–Trinajstić information content (AvgIpc) is 3.29. The Morgan fingerprint density at radius 3 is 2.56 bits per heavy atom.